The van der Waals surface area contributed by atoms with Crippen molar-refractivity contribution in [2.45, 2.75) is 103 Å². The number of unbranched alkanes of at least 4 members (excludes halogenated alkanes) is 3. The van der Waals surface area contributed by atoms with E-state index < -0.39 is 6.10 Å². The second-order valence-electron chi connectivity index (χ2n) is 11.1. The highest BCUT2D eigenvalue weighted by Gasteiger charge is 2.60. The first-order chi connectivity index (χ1) is 15.3. The third-order valence-corrected chi connectivity index (χ3v) is 9.05. The molecule has 0 bridgehead atoms. The Morgan fingerprint density at radius 3 is 2.72 bits per heavy atom. The minimum absolute atomic E-state index is 0.00478. The van der Waals surface area contributed by atoms with Crippen molar-refractivity contribution >= 4 is 5.97 Å². The second-order valence-corrected chi connectivity index (χ2v) is 11.1. The molecule has 2 heterocycles. The van der Waals surface area contributed by atoms with Crippen LogP contribution in [0.1, 0.15) is 85.0 Å². The first-order valence-corrected chi connectivity index (χ1v) is 12.8. The van der Waals surface area contributed by atoms with E-state index in [1.54, 1.807) is 0 Å². The third kappa shape index (κ3) is 4.33. The molecule has 7 atom stereocenters. The lowest BCUT2D eigenvalue weighted by molar-refractivity contribution is -0.304. The van der Waals surface area contributed by atoms with Gasteiger partial charge < -0.3 is 19.3 Å². The molecule has 2 aliphatic carbocycles. The first-order valence-electron chi connectivity index (χ1n) is 12.8. The summed E-state index contributed by atoms with van der Waals surface area (Å²) in [5.74, 6) is 0.401. The van der Waals surface area contributed by atoms with Crippen LogP contribution in [0.5, 0.6) is 0 Å². The van der Waals surface area contributed by atoms with Gasteiger partial charge in [0.1, 0.15) is 12.7 Å². The molecule has 4 rings (SSSR count). The Morgan fingerprint density at radius 2 is 2.00 bits per heavy atom. The molecule has 4 fully saturated rings. The summed E-state index contributed by atoms with van der Waals surface area (Å²) in [4.78, 5) is 12.0. The Labute approximate surface area is 193 Å². The van der Waals surface area contributed by atoms with E-state index in [2.05, 4.69) is 27.4 Å². The number of rotatable bonds is 7. The highest BCUT2D eigenvalue weighted by Crippen LogP contribution is 2.63. The minimum atomic E-state index is -0.800. The second kappa shape index (κ2) is 9.60. The lowest BCUT2D eigenvalue weighted by Crippen LogP contribution is -2.61. The highest BCUT2D eigenvalue weighted by atomic mass is 16.7. The molecule has 0 aromatic carbocycles. The Morgan fingerprint density at radius 1 is 1.19 bits per heavy atom. The average Bonchev–Trinajstić information content (AvgIpc) is 3.08. The Hall–Kier alpha value is -1.17. The van der Waals surface area contributed by atoms with Crippen LogP contribution in [-0.2, 0) is 19.0 Å². The molecule has 4 aliphatic rings. The van der Waals surface area contributed by atoms with Crippen LogP contribution in [0.3, 0.4) is 0 Å². The van der Waals surface area contributed by atoms with Crippen LogP contribution in [0.4, 0.5) is 0 Å². The van der Waals surface area contributed by atoms with Gasteiger partial charge in [0.25, 0.3) is 0 Å². The lowest BCUT2D eigenvalue weighted by atomic mass is 9.46. The molecule has 5 nitrogen and oxygen atoms in total. The number of allylic oxidation sites excluding steroid dienone is 2. The standard InChI is InChI=1S/C27H42O5/c1-5-6-7-8-9-24-31-17-27(4)22-13-10-18(2)20(26(22,3)15-14-23(27)32-24)12-11-19-21(28)16-30-25(19)29/h11,20-24,28H,2,5-10,12-17H2,1,3-4H3/b19-11+/t20-,21-,22+,23-,24?,26+,27+/m1/s1. The zero-order chi connectivity index (χ0) is 22.9. The van der Waals surface area contributed by atoms with Crippen molar-refractivity contribution in [1.29, 1.82) is 0 Å². The van der Waals surface area contributed by atoms with Crippen molar-refractivity contribution in [2.75, 3.05) is 13.2 Å². The summed E-state index contributed by atoms with van der Waals surface area (Å²) in [6, 6.07) is 0. The third-order valence-electron chi connectivity index (χ3n) is 9.05. The number of carbonyl (C=O) groups is 1. The number of carbonyl (C=O) groups excluding carboxylic acids is 1. The van der Waals surface area contributed by atoms with Gasteiger partial charge in [0, 0.05) is 5.41 Å². The summed E-state index contributed by atoms with van der Waals surface area (Å²) in [5, 5.41) is 10.1. The van der Waals surface area contributed by atoms with E-state index in [0.717, 1.165) is 45.1 Å². The number of cyclic esters (lactones) is 1. The molecule has 0 amide bonds. The lowest BCUT2D eigenvalue weighted by Gasteiger charge is -2.62. The van der Waals surface area contributed by atoms with Gasteiger partial charge in [-0.25, -0.2) is 4.79 Å². The molecule has 0 aromatic heterocycles. The molecule has 180 valence electrons. The number of hydrogen-bond donors (Lipinski definition) is 1. The van der Waals surface area contributed by atoms with Crippen molar-refractivity contribution in [1.82, 2.24) is 0 Å². The molecule has 5 heteroatoms. The highest BCUT2D eigenvalue weighted by molar-refractivity contribution is 5.91. The van der Waals surface area contributed by atoms with Crippen LogP contribution >= 0.6 is 0 Å². The molecule has 0 spiro atoms. The van der Waals surface area contributed by atoms with Crippen LogP contribution in [-0.4, -0.2) is 42.8 Å². The fraction of sp³-hybridized carbons (Fsp3) is 0.815. The zero-order valence-corrected chi connectivity index (χ0v) is 20.2. The van der Waals surface area contributed by atoms with Gasteiger partial charge in [0.15, 0.2) is 6.29 Å². The molecule has 2 aliphatic heterocycles. The molecule has 0 aromatic rings. The van der Waals surface area contributed by atoms with Crippen LogP contribution < -0.4 is 0 Å². The summed E-state index contributed by atoms with van der Waals surface area (Å²) < 4.78 is 17.9. The molecule has 2 saturated heterocycles. The Balaban J connectivity index is 1.47. The summed E-state index contributed by atoms with van der Waals surface area (Å²) in [6.45, 7) is 12.3. The maximum Gasteiger partial charge on any atom is 0.336 e. The average molecular weight is 447 g/mol. The van der Waals surface area contributed by atoms with Crippen molar-refractivity contribution in [2.24, 2.45) is 22.7 Å². The number of esters is 1. The van der Waals surface area contributed by atoms with E-state index in [1.807, 2.05) is 6.08 Å². The largest absolute Gasteiger partial charge is 0.459 e. The number of fused-ring (bicyclic) bond motifs is 3. The normalized spacial score (nSPS) is 43.1. The van der Waals surface area contributed by atoms with E-state index in [9.17, 15) is 9.90 Å². The van der Waals surface area contributed by atoms with Gasteiger partial charge in [-0.1, -0.05) is 58.3 Å². The number of ether oxygens (including phenoxy) is 3. The van der Waals surface area contributed by atoms with Gasteiger partial charge in [-0.3, -0.25) is 0 Å². The molecular weight excluding hydrogens is 404 g/mol. The van der Waals surface area contributed by atoms with E-state index in [-0.39, 0.29) is 35.8 Å². The molecule has 32 heavy (non-hydrogen) atoms. The molecule has 0 radical (unpaired) electrons. The fourth-order valence-corrected chi connectivity index (χ4v) is 7.14. The Bertz CT molecular complexity index is 744. The van der Waals surface area contributed by atoms with Gasteiger partial charge >= 0.3 is 5.97 Å². The van der Waals surface area contributed by atoms with E-state index in [1.165, 1.54) is 31.3 Å². The predicted octanol–water partition coefficient (Wildman–Crippen LogP) is 5.32. The Kier molecular flexibility index (Phi) is 7.19. The number of aliphatic hydroxyl groups is 1. The van der Waals surface area contributed by atoms with Crippen LogP contribution in [0.15, 0.2) is 23.8 Å². The van der Waals surface area contributed by atoms with Gasteiger partial charge in [-0.05, 0) is 62.2 Å². The SMILES string of the molecule is C=C1CC[C@@H]2[C@]3(C)COC(CCCCCC)O[C@@H]3CC[C@@]2(C)[C@@H]1C/C=C1/C(=O)OC[C@H]1O. The monoisotopic (exact) mass is 446 g/mol. The quantitative estimate of drug-likeness (QED) is 0.248. The summed E-state index contributed by atoms with van der Waals surface area (Å²) in [5.41, 5.74) is 1.78. The fourth-order valence-electron chi connectivity index (χ4n) is 7.14. The topological polar surface area (TPSA) is 65.0 Å². The van der Waals surface area contributed by atoms with Gasteiger partial charge in [0.2, 0.25) is 0 Å². The van der Waals surface area contributed by atoms with Crippen LogP contribution in [0.2, 0.25) is 0 Å². The van der Waals surface area contributed by atoms with E-state index in [4.69, 9.17) is 14.2 Å². The van der Waals surface area contributed by atoms with Crippen LogP contribution in [0.25, 0.3) is 0 Å². The van der Waals surface area contributed by atoms with Crippen LogP contribution in [0, 0.1) is 22.7 Å². The predicted molar refractivity (Wildman–Crippen MR) is 124 cm³/mol. The summed E-state index contributed by atoms with van der Waals surface area (Å²) >= 11 is 0. The smallest absolute Gasteiger partial charge is 0.336 e. The maximum absolute atomic E-state index is 12.0. The molecule has 1 unspecified atom stereocenters. The van der Waals surface area contributed by atoms with E-state index in [0.29, 0.717) is 17.4 Å². The van der Waals surface area contributed by atoms with Crippen molar-refractivity contribution in [3.05, 3.63) is 23.8 Å². The van der Waals surface area contributed by atoms with Gasteiger partial charge in [-0.15, -0.1) is 0 Å². The van der Waals surface area contributed by atoms with Crippen molar-refractivity contribution in [3.8, 4) is 0 Å². The zero-order valence-electron chi connectivity index (χ0n) is 20.2. The first kappa shape index (κ1) is 24.0. The molecular formula is C27H42O5. The van der Waals surface area contributed by atoms with Gasteiger partial charge in [-0.2, -0.15) is 0 Å². The summed E-state index contributed by atoms with van der Waals surface area (Å²) in [6.07, 6.45) is 12.3. The number of hydrogen-bond acceptors (Lipinski definition) is 5. The number of aliphatic hydroxyl groups excluding tert-OH is 1. The summed E-state index contributed by atoms with van der Waals surface area (Å²) in [7, 11) is 0. The van der Waals surface area contributed by atoms with Gasteiger partial charge in [0.05, 0.1) is 18.3 Å². The van der Waals surface area contributed by atoms with E-state index >= 15 is 0 Å². The molecule has 1 N–H and O–H groups in total. The minimum Gasteiger partial charge on any atom is -0.459 e. The molecule has 2 saturated carbocycles. The van der Waals surface area contributed by atoms with Crippen molar-refractivity contribution < 1.29 is 24.1 Å². The van der Waals surface area contributed by atoms with Crippen molar-refractivity contribution in [3.63, 3.8) is 0 Å². The maximum atomic E-state index is 12.0.